The molecule has 0 atom stereocenters. The maximum Gasteiger partial charge on any atom is 0.312 e. The standard InChI is InChI=1S/C12H15N3O3S/c1-7-14-8-4-10(18-6-12(2,3)13)9(15(16)17)5-11(8)19-7/h4-5H,6,13H2,1-3H3. The Labute approximate surface area is 114 Å². The fourth-order valence-electron chi connectivity index (χ4n) is 1.58. The highest BCUT2D eigenvalue weighted by molar-refractivity contribution is 7.18. The molecule has 2 aromatic rings. The van der Waals surface area contributed by atoms with Crippen molar-refractivity contribution in [2.24, 2.45) is 5.73 Å². The number of rotatable bonds is 4. The van der Waals surface area contributed by atoms with Crippen LogP contribution in [-0.2, 0) is 0 Å². The molecule has 0 fully saturated rings. The number of aryl methyl sites for hydroxylation is 1. The van der Waals surface area contributed by atoms with E-state index in [0.29, 0.717) is 5.52 Å². The van der Waals surface area contributed by atoms with E-state index in [1.54, 1.807) is 19.9 Å². The Balaban J connectivity index is 2.44. The van der Waals surface area contributed by atoms with E-state index in [-0.39, 0.29) is 18.0 Å². The Morgan fingerprint density at radius 2 is 2.21 bits per heavy atom. The van der Waals surface area contributed by atoms with E-state index in [0.717, 1.165) is 9.71 Å². The first kappa shape index (κ1) is 13.7. The average molecular weight is 281 g/mol. The van der Waals surface area contributed by atoms with Crippen molar-refractivity contribution < 1.29 is 9.66 Å². The Bertz CT molecular complexity index is 631. The summed E-state index contributed by atoms with van der Waals surface area (Å²) in [5, 5.41) is 11.9. The topological polar surface area (TPSA) is 91.3 Å². The number of aromatic nitrogens is 1. The zero-order valence-corrected chi connectivity index (χ0v) is 11.8. The van der Waals surface area contributed by atoms with E-state index in [1.807, 2.05) is 6.92 Å². The minimum absolute atomic E-state index is 0.0552. The minimum Gasteiger partial charge on any atom is -0.485 e. The molecule has 0 amide bonds. The Morgan fingerprint density at radius 3 is 2.79 bits per heavy atom. The molecule has 0 aliphatic rings. The third-order valence-corrected chi connectivity index (χ3v) is 3.31. The van der Waals surface area contributed by atoms with Crippen LogP contribution in [0.1, 0.15) is 18.9 Å². The van der Waals surface area contributed by atoms with Gasteiger partial charge < -0.3 is 10.5 Å². The smallest absolute Gasteiger partial charge is 0.312 e. The number of nitro groups is 1. The second kappa shape index (κ2) is 4.75. The van der Waals surface area contributed by atoms with Gasteiger partial charge in [-0.25, -0.2) is 4.98 Å². The van der Waals surface area contributed by atoms with Crippen LogP contribution < -0.4 is 10.5 Å². The van der Waals surface area contributed by atoms with Gasteiger partial charge in [-0.1, -0.05) is 0 Å². The first-order chi connectivity index (χ1) is 8.76. The van der Waals surface area contributed by atoms with Crippen LogP contribution in [0.5, 0.6) is 5.75 Å². The summed E-state index contributed by atoms with van der Waals surface area (Å²) in [7, 11) is 0. The molecule has 0 bridgehead atoms. The van der Waals surface area contributed by atoms with Gasteiger partial charge in [0.05, 0.1) is 20.1 Å². The zero-order valence-electron chi connectivity index (χ0n) is 11.0. The second-order valence-corrected chi connectivity index (χ2v) is 6.29. The van der Waals surface area contributed by atoms with Crippen molar-refractivity contribution in [1.29, 1.82) is 0 Å². The van der Waals surface area contributed by atoms with Crippen molar-refractivity contribution >= 4 is 27.2 Å². The number of fused-ring (bicyclic) bond motifs is 1. The van der Waals surface area contributed by atoms with E-state index in [2.05, 4.69) is 4.98 Å². The summed E-state index contributed by atoms with van der Waals surface area (Å²) in [6.45, 7) is 5.65. The highest BCUT2D eigenvalue weighted by atomic mass is 32.1. The van der Waals surface area contributed by atoms with E-state index >= 15 is 0 Å². The van der Waals surface area contributed by atoms with Crippen LogP contribution >= 0.6 is 11.3 Å². The summed E-state index contributed by atoms with van der Waals surface area (Å²) in [5.41, 5.74) is 5.91. The third kappa shape index (κ3) is 3.18. The molecule has 0 saturated carbocycles. The number of thiazole rings is 1. The van der Waals surface area contributed by atoms with Gasteiger partial charge in [0.2, 0.25) is 0 Å². The first-order valence-corrected chi connectivity index (χ1v) is 6.55. The monoisotopic (exact) mass is 281 g/mol. The summed E-state index contributed by atoms with van der Waals surface area (Å²) in [5.74, 6) is 0.210. The molecule has 0 aliphatic carbocycles. The molecule has 0 spiro atoms. The SMILES string of the molecule is Cc1nc2cc(OCC(C)(C)N)c([N+](=O)[O-])cc2s1. The van der Waals surface area contributed by atoms with Gasteiger partial charge >= 0.3 is 5.69 Å². The van der Waals surface area contributed by atoms with Crippen LogP contribution in [0, 0.1) is 17.0 Å². The number of ether oxygens (including phenoxy) is 1. The lowest BCUT2D eigenvalue weighted by molar-refractivity contribution is -0.385. The highest BCUT2D eigenvalue weighted by Crippen LogP contribution is 2.34. The Kier molecular flexibility index (Phi) is 3.42. The van der Waals surface area contributed by atoms with E-state index in [9.17, 15) is 10.1 Å². The summed E-state index contributed by atoms with van der Waals surface area (Å²) < 4.78 is 6.26. The fourth-order valence-corrected chi connectivity index (χ4v) is 2.42. The van der Waals surface area contributed by atoms with Gasteiger partial charge in [0.1, 0.15) is 6.61 Å². The lowest BCUT2D eigenvalue weighted by Gasteiger charge is -2.18. The van der Waals surface area contributed by atoms with E-state index < -0.39 is 10.5 Å². The van der Waals surface area contributed by atoms with Crippen LogP contribution in [0.3, 0.4) is 0 Å². The lowest BCUT2D eigenvalue weighted by Crippen LogP contribution is -2.38. The van der Waals surface area contributed by atoms with E-state index in [4.69, 9.17) is 10.5 Å². The van der Waals surface area contributed by atoms with Gasteiger partial charge in [-0.2, -0.15) is 0 Å². The number of nitro benzene ring substituents is 1. The molecular weight excluding hydrogens is 266 g/mol. The number of nitrogens with two attached hydrogens (primary N) is 1. The van der Waals surface area contributed by atoms with Crippen molar-refractivity contribution in [3.63, 3.8) is 0 Å². The lowest BCUT2D eigenvalue weighted by atomic mass is 10.1. The summed E-state index contributed by atoms with van der Waals surface area (Å²) in [6, 6.07) is 3.10. The van der Waals surface area contributed by atoms with Gasteiger partial charge in [-0.3, -0.25) is 10.1 Å². The number of benzene rings is 1. The number of hydrogen-bond donors (Lipinski definition) is 1. The maximum absolute atomic E-state index is 11.1. The number of hydrogen-bond acceptors (Lipinski definition) is 6. The Hall–Kier alpha value is -1.73. The summed E-state index contributed by atoms with van der Waals surface area (Å²) in [4.78, 5) is 14.9. The molecule has 1 heterocycles. The van der Waals surface area contributed by atoms with Crippen molar-refractivity contribution in [2.75, 3.05) is 6.61 Å². The van der Waals surface area contributed by atoms with Gasteiger partial charge in [0.25, 0.3) is 0 Å². The molecule has 6 nitrogen and oxygen atoms in total. The third-order valence-electron chi connectivity index (χ3n) is 2.37. The Morgan fingerprint density at radius 1 is 1.53 bits per heavy atom. The summed E-state index contributed by atoms with van der Waals surface area (Å²) in [6.07, 6.45) is 0. The molecule has 1 aromatic carbocycles. The molecule has 0 aliphatic heterocycles. The van der Waals surface area contributed by atoms with Crippen molar-refractivity contribution in [3.8, 4) is 5.75 Å². The van der Waals surface area contributed by atoms with Crippen LogP contribution in [0.2, 0.25) is 0 Å². The average Bonchev–Trinajstić information content (AvgIpc) is 2.62. The van der Waals surface area contributed by atoms with Gasteiger partial charge in [0.15, 0.2) is 5.75 Å². The van der Waals surface area contributed by atoms with Gasteiger partial charge in [0, 0.05) is 17.7 Å². The zero-order chi connectivity index (χ0) is 14.2. The quantitative estimate of drug-likeness (QED) is 0.687. The number of nitrogens with zero attached hydrogens (tertiary/aromatic N) is 2. The largest absolute Gasteiger partial charge is 0.485 e. The molecule has 19 heavy (non-hydrogen) atoms. The molecule has 102 valence electrons. The van der Waals surface area contributed by atoms with Crippen molar-refractivity contribution in [1.82, 2.24) is 4.98 Å². The van der Waals surface area contributed by atoms with E-state index in [1.165, 1.54) is 17.4 Å². The molecular formula is C12H15N3O3S. The predicted octanol–water partition coefficient (Wildman–Crippen LogP) is 2.63. The van der Waals surface area contributed by atoms with Gasteiger partial charge in [-0.05, 0) is 20.8 Å². The van der Waals surface area contributed by atoms with Crippen LogP contribution in [0.25, 0.3) is 10.2 Å². The summed E-state index contributed by atoms with van der Waals surface area (Å²) >= 11 is 1.42. The highest BCUT2D eigenvalue weighted by Gasteiger charge is 2.21. The first-order valence-electron chi connectivity index (χ1n) is 5.73. The normalized spacial score (nSPS) is 11.8. The molecule has 0 saturated heterocycles. The predicted molar refractivity (Wildman–Crippen MR) is 74.8 cm³/mol. The molecule has 1 aromatic heterocycles. The van der Waals surface area contributed by atoms with Crippen LogP contribution in [0.15, 0.2) is 12.1 Å². The molecule has 7 heteroatoms. The van der Waals surface area contributed by atoms with Crippen molar-refractivity contribution in [2.45, 2.75) is 26.3 Å². The molecule has 2 N–H and O–H groups in total. The van der Waals surface area contributed by atoms with Crippen LogP contribution in [0.4, 0.5) is 5.69 Å². The molecule has 0 unspecified atom stereocenters. The molecule has 0 radical (unpaired) electrons. The minimum atomic E-state index is -0.555. The van der Waals surface area contributed by atoms with Crippen LogP contribution in [-0.4, -0.2) is 22.1 Å². The molecule has 2 rings (SSSR count). The van der Waals surface area contributed by atoms with Gasteiger partial charge in [-0.15, -0.1) is 11.3 Å². The fraction of sp³-hybridized carbons (Fsp3) is 0.417. The maximum atomic E-state index is 11.1. The van der Waals surface area contributed by atoms with Crippen molar-refractivity contribution in [3.05, 3.63) is 27.3 Å². The second-order valence-electron chi connectivity index (χ2n) is 5.05.